The molecule has 0 aliphatic carbocycles. The zero-order chi connectivity index (χ0) is 26.7. The topological polar surface area (TPSA) is 38.7 Å². The summed E-state index contributed by atoms with van der Waals surface area (Å²) < 4.78 is 0. The molecule has 3 heteroatoms. The van der Waals surface area contributed by atoms with Gasteiger partial charge in [0.1, 0.15) is 17.5 Å². The van der Waals surface area contributed by atoms with Gasteiger partial charge in [-0.15, -0.1) is 0 Å². The van der Waals surface area contributed by atoms with Crippen LogP contribution < -0.4 is 0 Å². The third-order valence-corrected chi connectivity index (χ3v) is 7.68. The number of hydrogen-bond acceptors (Lipinski definition) is 3. The molecule has 1 heterocycles. The van der Waals surface area contributed by atoms with Gasteiger partial charge in [-0.25, -0.2) is 15.0 Å². The number of rotatable bonds is 28. The van der Waals surface area contributed by atoms with Crippen LogP contribution >= 0.6 is 0 Å². The van der Waals surface area contributed by atoms with Gasteiger partial charge >= 0.3 is 0 Å². The van der Waals surface area contributed by atoms with Gasteiger partial charge in [-0.1, -0.05) is 162 Å². The first kappa shape index (κ1) is 34.0. The van der Waals surface area contributed by atoms with Crippen molar-refractivity contribution >= 4 is 0 Å². The molecule has 0 amide bonds. The molecule has 1 aromatic rings. The first-order chi connectivity index (χ1) is 18.3. The molecule has 0 spiro atoms. The molecular formula is C34H64N3. The van der Waals surface area contributed by atoms with Crippen LogP contribution in [0.1, 0.15) is 192 Å². The van der Waals surface area contributed by atoms with Crippen molar-refractivity contribution < 1.29 is 0 Å². The van der Waals surface area contributed by atoms with Crippen LogP contribution in [-0.4, -0.2) is 15.0 Å². The summed E-state index contributed by atoms with van der Waals surface area (Å²) in [5.41, 5.74) is 0. The molecule has 0 aromatic carbocycles. The van der Waals surface area contributed by atoms with Crippen molar-refractivity contribution in [3.05, 3.63) is 24.4 Å². The van der Waals surface area contributed by atoms with E-state index in [1.165, 1.54) is 154 Å². The molecule has 1 radical (unpaired) electrons. The van der Waals surface area contributed by atoms with Gasteiger partial charge in [0.15, 0.2) is 0 Å². The highest BCUT2D eigenvalue weighted by Gasteiger charge is 2.07. The van der Waals surface area contributed by atoms with Crippen molar-refractivity contribution in [1.29, 1.82) is 0 Å². The number of nitrogens with zero attached hydrogens (tertiary/aromatic N) is 3. The summed E-state index contributed by atoms with van der Waals surface area (Å²) in [4.78, 5) is 14.4. The van der Waals surface area contributed by atoms with Gasteiger partial charge in [0.25, 0.3) is 0 Å². The van der Waals surface area contributed by atoms with E-state index in [1.54, 1.807) is 0 Å². The predicted molar refractivity (Wildman–Crippen MR) is 163 cm³/mol. The van der Waals surface area contributed by atoms with Crippen molar-refractivity contribution in [3.63, 3.8) is 0 Å². The second kappa shape index (κ2) is 26.6. The van der Waals surface area contributed by atoms with Gasteiger partial charge in [0.2, 0.25) is 0 Å². The second-order valence-electron chi connectivity index (χ2n) is 11.5. The third-order valence-electron chi connectivity index (χ3n) is 7.68. The molecule has 0 unspecified atom stereocenters. The Hall–Kier alpha value is -0.990. The number of aromatic nitrogens is 3. The largest absolute Gasteiger partial charge is 0.218 e. The van der Waals surface area contributed by atoms with Gasteiger partial charge in [-0.3, -0.25) is 0 Å². The summed E-state index contributed by atoms with van der Waals surface area (Å²) in [6.45, 7) is 8.60. The van der Waals surface area contributed by atoms with Crippen LogP contribution in [0.25, 0.3) is 0 Å². The molecule has 0 saturated carbocycles. The molecule has 0 fully saturated rings. The zero-order valence-electron chi connectivity index (χ0n) is 25.3. The maximum Gasteiger partial charge on any atom is 0.132 e. The fraction of sp³-hybridized carbons (Fsp3) is 0.882. The Morgan fingerprint density at radius 2 is 0.595 bits per heavy atom. The van der Waals surface area contributed by atoms with E-state index in [4.69, 9.17) is 15.0 Å². The Balaban J connectivity index is 2.12. The van der Waals surface area contributed by atoms with Crippen LogP contribution in [0.5, 0.6) is 0 Å². The zero-order valence-corrected chi connectivity index (χ0v) is 25.3. The highest BCUT2D eigenvalue weighted by Crippen LogP contribution is 2.15. The Labute approximate surface area is 232 Å². The molecular weight excluding hydrogens is 450 g/mol. The molecule has 0 saturated heterocycles. The molecule has 215 valence electrons. The van der Waals surface area contributed by atoms with E-state index in [-0.39, 0.29) is 0 Å². The van der Waals surface area contributed by atoms with Crippen LogP contribution in [0.2, 0.25) is 0 Å². The van der Waals surface area contributed by atoms with Crippen LogP contribution in [0.3, 0.4) is 0 Å². The van der Waals surface area contributed by atoms with Gasteiger partial charge in [0.05, 0.1) is 0 Å². The standard InChI is InChI=1S/C34H64N3/c1-4-7-9-11-13-15-17-19-21-23-25-27-30-33-35-32(29-6-3)36-34(37-33)31-28-26-24-22-20-18-16-14-12-10-8-5-2/h3-31H2,1-2H3. The fourth-order valence-electron chi connectivity index (χ4n) is 5.26. The lowest BCUT2D eigenvalue weighted by Crippen LogP contribution is -2.08. The van der Waals surface area contributed by atoms with Crippen molar-refractivity contribution in [1.82, 2.24) is 15.0 Å². The van der Waals surface area contributed by atoms with E-state index in [2.05, 4.69) is 20.8 Å². The van der Waals surface area contributed by atoms with Crippen molar-refractivity contribution in [3.8, 4) is 0 Å². The lowest BCUT2D eigenvalue weighted by molar-refractivity contribution is 0.539. The van der Waals surface area contributed by atoms with E-state index in [9.17, 15) is 0 Å². The molecule has 0 aliphatic rings. The summed E-state index contributed by atoms with van der Waals surface area (Å²) in [5, 5.41) is 0. The average molecular weight is 515 g/mol. The number of hydrogen-bond donors (Lipinski definition) is 0. The SMILES string of the molecule is [CH2]CCc1nc(CCCCCCCCCCCCCC)nc(CCCCCCCCCCCCCC)n1. The van der Waals surface area contributed by atoms with Crippen molar-refractivity contribution in [2.24, 2.45) is 0 Å². The normalized spacial score (nSPS) is 11.4. The molecule has 1 aromatic heterocycles. The highest BCUT2D eigenvalue weighted by atomic mass is 15.0. The second-order valence-corrected chi connectivity index (χ2v) is 11.5. The van der Waals surface area contributed by atoms with E-state index in [1.807, 2.05) is 0 Å². The highest BCUT2D eigenvalue weighted by molar-refractivity contribution is 4.99. The van der Waals surface area contributed by atoms with Crippen LogP contribution in [0.4, 0.5) is 0 Å². The molecule has 0 aliphatic heterocycles. The smallest absolute Gasteiger partial charge is 0.132 e. The molecule has 3 nitrogen and oxygen atoms in total. The Morgan fingerprint density at radius 3 is 0.865 bits per heavy atom. The van der Waals surface area contributed by atoms with E-state index < -0.39 is 0 Å². The van der Waals surface area contributed by atoms with Crippen LogP contribution in [0.15, 0.2) is 0 Å². The van der Waals surface area contributed by atoms with Crippen molar-refractivity contribution in [2.75, 3.05) is 0 Å². The number of aryl methyl sites for hydroxylation is 3. The van der Waals surface area contributed by atoms with Crippen molar-refractivity contribution in [2.45, 2.75) is 194 Å². The molecule has 0 bridgehead atoms. The van der Waals surface area contributed by atoms with E-state index >= 15 is 0 Å². The minimum Gasteiger partial charge on any atom is -0.218 e. The number of unbranched alkanes of at least 4 members (excludes halogenated alkanes) is 22. The summed E-state index contributed by atoms with van der Waals surface area (Å²) >= 11 is 0. The Morgan fingerprint density at radius 1 is 0.351 bits per heavy atom. The van der Waals surface area contributed by atoms with Gasteiger partial charge < -0.3 is 0 Å². The van der Waals surface area contributed by atoms with Gasteiger partial charge in [-0.05, 0) is 19.3 Å². The molecule has 0 atom stereocenters. The summed E-state index contributed by atoms with van der Waals surface area (Å²) in [6, 6.07) is 0. The first-order valence-electron chi connectivity index (χ1n) is 16.8. The van der Waals surface area contributed by atoms with Gasteiger partial charge in [-0.2, -0.15) is 0 Å². The molecule has 0 N–H and O–H groups in total. The lowest BCUT2D eigenvalue weighted by Gasteiger charge is -2.08. The molecule has 1 rings (SSSR count). The lowest BCUT2D eigenvalue weighted by atomic mass is 10.0. The third kappa shape index (κ3) is 21.6. The van der Waals surface area contributed by atoms with E-state index in [0.717, 1.165) is 43.2 Å². The maximum absolute atomic E-state index is 4.85. The first-order valence-corrected chi connectivity index (χ1v) is 16.8. The van der Waals surface area contributed by atoms with Gasteiger partial charge in [0, 0.05) is 19.3 Å². The minimum atomic E-state index is 0.861. The quantitative estimate of drug-likeness (QED) is 0.104. The summed E-state index contributed by atoms with van der Waals surface area (Å²) in [6.07, 6.45) is 37.0. The maximum atomic E-state index is 4.85. The van der Waals surface area contributed by atoms with Crippen LogP contribution in [0, 0.1) is 6.92 Å². The van der Waals surface area contributed by atoms with E-state index in [0.29, 0.717) is 0 Å². The summed E-state index contributed by atoms with van der Waals surface area (Å²) in [5.74, 6) is 3.02. The Bertz CT molecular complexity index is 554. The Kier molecular flexibility index (Phi) is 24.5. The fourth-order valence-corrected chi connectivity index (χ4v) is 5.26. The predicted octanol–water partition coefficient (Wildman–Crippen LogP) is 11.1. The monoisotopic (exact) mass is 515 g/mol. The summed E-state index contributed by atoms with van der Waals surface area (Å²) in [7, 11) is 0. The minimum absolute atomic E-state index is 0.861. The van der Waals surface area contributed by atoms with Crippen LogP contribution in [-0.2, 0) is 19.3 Å². The average Bonchev–Trinajstić information content (AvgIpc) is 2.90. The molecule has 37 heavy (non-hydrogen) atoms.